The number of aromatic nitrogens is 1. The fourth-order valence-electron chi connectivity index (χ4n) is 4.27. The van der Waals surface area contributed by atoms with Gasteiger partial charge in [-0.1, -0.05) is 37.3 Å². The highest BCUT2D eigenvalue weighted by molar-refractivity contribution is 7.89. The molecule has 0 amide bonds. The number of ether oxygens (including phenoxy) is 1. The maximum atomic E-state index is 13.2. The standard InChI is InChI=1S/C23H23N3O8S/c1-2-14-6-5-7-16-17(11-24-22(14)16)20(28)13-34-23(29)19-10-15(27)12-25(19)35(32,33)21-9-4-3-8-18(21)26(30)31/h3-9,11,15,19,24,27H,2,10,12-13H2,1H3/t15-,19-/m0/s1. The Hall–Kier alpha value is -3.61. The van der Waals surface area contributed by atoms with Crippen LogP contribution in [0.15, 0.2) is 53.6 Å². The third-order valence-electron chi connectivity index (χ3n) is 5.98. The largest absolute Gasteiger partial charge is 0.456 e. The van der Waals surface area contributed by atoms with Gasteiger partial charge in [-0.25, -0.2) is 8.42 Å². The molecule has 2 heterocycles. The summed E-state index contributed by atoms with van der Waals surface area (Å²) in [6, 6.07) is 8.84. The maximum absolute atomic E-state index is 13.2. The zero-order valence-corrected chi connectivity index (χ0v) is 19.5. The number of H-pyrrole nitrogens is 1. The van der Waals surface area contributed by atoms with Gasteiger partial charge in [0.15, 0.2) is 11.5 Å². The molecule has 1 aromatic heterocycles. The van der Waals surface area contributed by atoms with E-state index in [2.05, 4.69) is 4.98 Å². The van der Waals surface area contributed by atoms with E-state index in [1.54, 1.807) is 6.07 Å². The first-order valence-corrected chi connectivity index (χ1v) is 12.3. The molecule has 2 atom stereocenters. The molecule has 1 aliphatic rings. The van der Waals surface area contributed by atoms with Crippen LogP contribution in [0.4, 0.5) is 5.69 Å². The molecule has 12 heteroatoms. The number of para-hydroxylation sites is 2. The molecule has 1 aliphatic heterocycles. The Morgan fingerprint density at radius 1 is 1.23 bits per heavy atom. The predicted octanol–water partition coefficient (Wildman–Crippen LogP) is 2.19. The lowest BCUT2D eigenvalue weighted by molar-refractivity contribution is -0.387. The lowest BCUT2D eigenvalue weighted by Crippen LogP contribution is -2.42. The summed E-state index contributed by atoms with van der Waals surface area (Å²) >= 11 is 0. The second-order valence-corrected chi connectivity index (χ2v) is 9.99. The Labute approximate surface area is 200 Å². The topological polar surface area (TPSA) is 160 Å². The van der Waals surface area contributed by atoms with Gasteiger partial charge in [0.2, 0.25) is 5.78 Å². The average Bonchev–Trinajstić information content (AvgIpc) is 3.46. The molecule has 1 fully saturated rings. The van der Waals surface area contributed by atoms with Crippen LogP contribution in [-0.2, 0) is 26.0 Å². The van der Waals surface area contributed by atoms with E-state index in [0.29, 0.717) is 15.3 Å². The number of nitrogens with one attached hydrogen (secondary N) is 1. The first kappa shape index (κ1) is 24.5. The number of aliphatic hydroxyl groups is 1. The minimum atomic E-state index is -4.52. The fourth-order valence-corrected chi connectivity index (χ4v) is 6.06. The van der Waals surface area contributed by atoms with Gasteiger partial charge in [-0.2, -0.15) is 4.31 Å². The van der Waals surface area contributed by atoms with Crippen molar-refractivity contribution in [2.24, 2.45) is 0 Å². The van der Waals surface area contributed by atoms with Crippen molar-refractivity contribution in [1.29, 1.82) is 0 Å². The van der Waals surface area contributed by atoms with E-state index < -0.39 is 62.6 Å². The Bertz CT molecular complexity index is 1420. The number of aromatic amines is 1. The summed E-state index contributed by atoms with van der Waals surface area (Å²) in [4.78, 5) is 38.5. The second-order valence-electron chi connectivity index (χ2n) is 8.13. The SMILES string of the molecule is CCc1cccc2c(C(=O)COC(=O)[C@@H]3C[C@H](O)CN3S(=O)(=O)c3ccccc3[N+](=O)[O-])c[nH]c12. The van der Waals surface area contributed by atoms with Gasteiger partial charge in [-0.05, 0) is 18.1 Å². The molecule has 2 N–H and O–H groups in total. The lowest BCUT2D eigenvalue weighted by Gasteiger charge is -2.22. The molecule has 0 bridgehead atoms. The number of ketones is 1. The van der Waals surface area contributed by atoms with Gasteiger partial charge in [-0.3, -0.25) is 19.7 Å². The van der Waals surface area contributed by atoms with Crippen LogP contribution in [-0.4, -0.2) is 64.8 Å². The monoisotopic (exact) mass is 501 g/mol. The molecule has 0 unspecified atom stereocenters. The molecule has 0 spiro atoms. The third kappa shape index (κ3) is 4.55. The predicted molar refractivity (Wildman–Crippen MR) is 124 cm³/mol. The van der Waals surface area contributed by atoms with Crippen molar-refractivity contribution in [2.75, 3.05) is 13.2 Å². The summed E-state index contributed by atoms with van der Waals surface area (Å²) < 4.78 is 32.2. The first-order valence-electron chi connectivity index (χ1n) is 10.9. The number of nitro benzene ring substituents is 1. The number of hydrogen-bond donors (Lipinski definition) is 2. The second kappa shape index (κ2) is 9.56. The first-order chi connectivity index (χ1) is 16.6. The van der Waals surface area contributed by atoms with Gasteiger partial charge in [0.1, 0.15) is 6.04 Å². The summed E-state index contributed by atoms with van der Waals surface area (Å²) in [7, 11) is -4.52. The summed E-state index contributed by atoms with van der Waals surface area (Å²) in [6.45, 7) is 0.914. The Kier molecular flexibility index (Phi) is 6.70. The quantitative estimate of drug-likeness (QED) is 0.206. The number of nitro groups is 1. The summed E-state index contributed by atoms with van der Waals surface area (Å²) in [5, 5.41) is 22.1. The van der Waals surface area contributed by atoms with E-state index >= 15 is 0 Å². The lowest BCUT2D eigenvalue weighted by atomic mass is 10.1. The van der Waals surface area contributed by atoms with E-state index in [-0.39, 0.29) is 6.42 Å². The molecule has 35 heavy (non-hydrogen) atoms. The zero-order chi connectivity index (χ0) is 25.3. The van der Waals surface area contributed by atoms with Crippen LogP contribution in [0.25, 0.3) is 10.9 Å². The number of β-amino-alcohol motifs (C(OH)–C–C–N with tert-alkyl or cyclic N) is 1. The van der Waals surface area contributed by atoms with Gasteiger partial charge >= 0.3 is 5.97 Å². The van der Waals surface area contributed by atoms with Crippen LogP contribution >= 0.6 is 0 Å². The third-order valence-corrected chi connectivity index (χ3v) is 7.90. The van der Waals surface area contributed by atoms with Gasteiger partial charge in [0, 0.05) is 41.7 Å². The highest BCUT2D eigenvalue weighted by Crippen LogP contribution is 2.32. The molecule has 3 aromatic rings. The number of nitrogens with zero attached hydrogens (tertiary/aromatic N) is 2. The van der Waals surface area contributed by atoms with Gasteiger partial charge in [-0.15, -0.1) is 0 Å². The average molecular weight is 502 g/mol. The van der Waals surface area contributed by atoms with Gasteiger partial charge in [0.05, 0.1) is 11.0 Å². The van der Waals surface area contributed by atoms with Crippen molar-refractivity contribution in [3.63, 3.8) is 0 Å². The Morgan fingerprint density at radius 3 is 2.69 bits per heavy atom. The van der Waals surface area contributed by atoms with E-state index in [1.165, 1.54) is 18.3 Å². The summed E-state index contributed by atoms with van der Waals surface area (Å²) in [5.41, 5.74) is 1.51. The minimum Gasteiger partial charge on any atom is -0.456 e. The Morgan fingerprint density at radius 2 is 1.97 bits per heavy atom. The zero-order valence-electron chi connectivity index (χ0n) is 18.7. The fraction of sp³-hybridized carbons (Fsp3) is 0.304. The number of aryl methyl sites for hydroxylation is 1. The van der Waals surface area contributed by atoms with Gasteiger partial charge in [0.25, 0.3) is 15.7 Å². The van der Waals surface area contributed by atoms with Crippen molar-refractivity contribution in [1.82, 2.24) is 9.29 Å². The maximum Gasteiger partial charge on any atom is 0.325 e. The van der Waals surface area contributed by atoms with E-state index in [0.717, 1.165) is 29.6 Å². The molecule has 1 saturated heterocycles. The van der Waals surface area contributed by atoms with Crippen molar-refractivity contribution in [2.45, 2.75) is 36.8 Å². The molecule has 184 valence electrons. The molecule has 4 rings (SSSR count). The number of benzene rings is 2. The number of aliphatic hydroxyl groups excluding tert-OH is 1. The van der Waals surface area contributed by atoms with Crippen LogP contribution in [0.2, 0.25) is 0 Å². The van der Waals surface area contributed by atoms with Crippen LogP contribution in [0.1, 0.15) is 29.3 Å². The highest BCUT2D eigenvalue weighted by Gasteiger charge is 2.46. The number of fused-ring (bicyclic) bond motifs is 1. The van der Waals surface area contributed by atoms with Crippen LogP contribution in [0.5, 0.6) is 0 Å². The molecular weight excluding hydrogens is 478 g/mol. The number of carbonyl (C=O) groups is 2. The minimum absolute atomic E-state index is 0.264. The normalized spacial score (nSPS) is 18.6. The highest BCUT2D eigenvalue weighted by atomic mass is 32.2. The molecule has 0 aliphatic carbocycles. The number of esters is 1. The van der Waals surface area contributed by atoms with E-state index in [9.17, 15) is 33.2 Å². The van der Waals surface area contributed by atoms with Crippen LogP contribution in [0, 0.1) is 10.1 Å². The number of rotatable bonds is 8. The summed E-state index contributed by atoms with van der Waals surface area (Å²) in [5.74, 6) is -1.50. The number of hydrogen-bond acceptors (Lipinski definition) is 8. The van der Waals surface area contributed by atoms with Crippen molar-refractivity contribution < 1.29 is 32.8 Å². The molecular formula is C23H23N3O8S. The van der Waals surface area contributed by atoms with E-state index in [4.69, 9.17) is 4.74 Å². The van der Waals surface area contributed by atoms with Gasteiger partial charge < -0.3 is 14.8 Å². The van der Waals surface area contributed by atoms with Crippen molar-refractivity contribution >= 4 is 38.4 Å². The molecule has 11 nitrogen and oxygen atoms in total. The van der Waals surface area contributed by atoms with Crippen LogP contribution < -0.4 is 0 Å². The number of carbonyl (C=O) groups excluding carboxylic acids is 2. The van der Waals surface area contributed by atoms with E-state index in [1.807, 2.05) is 19.1 Å². The van der Waals surface area contributed by atoms with Crippen LogP contribution in [0.3, 0.4) is 0 Å². The van der Waals surface area contributed by atoms with Crippen molar-refractivity contribution in [3.05, 3.63) is 69.9 Å². The number of sulfonamides is 1. The smallest absolute Gasteiger partial charge is 0.325 e. The number of Topliss-reactive ketones (excluding diaryl/α,β-unsaturated/α-hetero) is 1. The summed E-state index contributed by atoms with van der Waals surface area (Å²) in [6.07, 6.45) is 0.848. The molecule has 2 aromatic carbocycles. The van der Waals surface area contributed by atoms with Crippen molar-refractivity contribution in [3.8, 4) is 0 Å². The molecule has 0 radical (unpaired) electrons. The molecule has 0 saturated carbocycles. The Balaban J connectivity index is 1.53.